The van der Waals surface area contributed by atoms with E-state index in [0.717, 1.165) is 31.5 Å². The number of amides is 1. The molecule has 0 spiro atoms. The summed E-state index contributed by atoms with van der Waals surface area (Å²) in [4.78, 5) is 16.5. The molecule has 0 aromatic heterocycles. The Labute approximate surface area is 135 Å². The molecule has 3 aliphatic heterocycles. The van der Waals surface area contributed by atoms with Crippen LogP contribution in [0.15, 0.2) is 30.3 Å². The van der Waals surface area contributed by atoms with Crippen LogP contribution < -0.4 is 5.73 Å². The van der Waals surface area contributed by atoms with Gasteiger partial charge in [0.1, 0.15) is 0 Å². The van der Waals surface area contributed by atoms with Crippen molar-refractivity contribution in [1.29, 1.82) is 0 Å². The number of hydrogen-bond donors (Lipinski definition) is 2. The number of rotatable bonds is 2. The minimum atomic E-state index is -1.62. The van der Waals surface area contributed by atoms with Crippen molar-refractivity contribution in [3.05, 3.63) is 35.9 Å². The number of nitrogens with zero attached hydrogens (tertiary/aromatic N) is 2. The summed E-state index contributed by atoms with van der Waals surface area (Å²) in [6.07, 6.45) is 2.49. The molecule has 0 radical (unpaired) electrons. The first-order valence-electron chi connectivity index (χ1n) is 8.25. The van der Waals surface area contributed by atoms with Crippen molar-refractivity contribution in [2.75, 3.05) is 13.1 Å². The van der Waals surface area contributed by atoms with E-state index in [2.05, 4.69) is 4.90 Å². The minimum absolute atomic E-state index is 0.144. The van der Waals surface area contributed by atoms with Gasteiger partial charge in [-0.3, -0.25) is 20.3 Å². The van der Waals surface area contributed by atoms with E-state index in [1.54, 1.807) is 0 Å². The Morgan fingerprint density at radius 1 is 1.39 bits per heavy atom. The predicted octanol–water partition coefficient (Wildman–Crippen LogP) is 0.255. The van der Waals surface area contributed by atoms with E-state index < -0.39 is 11.6 Å². The number of piperazine rings is 1. The van der Waals surface area contributed by atoms with Crippen LogP contribution in [0.1, 0.15) is 25.3 Å². The SMILES string of the molecule is CC1(N)O[C@@]2(O)[C@@H]3CCCN3C[C@H](Cc3ccccc3)N2C1=O. The topological polar surface area (TPSA) is 79.0 Å². The molecule has 6 nitrogen and oxygen atoms in total. The predicted molar refractivity (Wildman–Crippen MR) is 84.0 cm³/mol. The van der Waals surface area contributed by atoms with Crippen LogP contribution in [-0.2, 0) is 16.0 Å². The monoisotopic (exact) mass is 317 g/mol. The maximum atomic E-state index is 12.8. The van der Waals surface area contributed by atoms with Gasteiger partial charge in [0.25, 0.3) is 11.8 Å². The molecule has 23 heavy (non-hydrogen) atoms. The number of hydrogen-bond acceptors (Lipinski definition) is 5. The van der Waals surface area contributed by atoms with Crippen molar-refractivity contribution < 1.29 is 14.6 Å². The molecule has 3 fully saturated rings. The van der Waals surface area contributed by atoms with Gasteiger partial charge in [-0.05, 0) is 38.3 Å². The number of nitrogens with two attached hydrogens (primary N) is 1. The molecule has 0 saturated carbocycles. The average molecular weight is 317 g/mol. The van der Waals surface area contributed by atoms with Crippen LogP contribution in [0.2, 0.25) is 0 Å². The van der Waals surface area contributed by atoms with Crippen molar-refractivity contribution in [2.45, 2.75) is 49.9 Å². The van der Waals surface area contributed by atoms with E-state index in [1.165, 1.54) is 11.8 Å². The highest BCUT2D eigenvalue weighted by Crippen LogP contribution is 2.44. The zero-order valence-electron chi connectivity index (χ0n) is 13.3. The lowest BCUT2D eigenvalue weighted by Crippen LogP contribution is -2.69. The first-order valence-corrected chi connectivity index (χ1v) is 8.25. The van der Waals surface area contributed by atoms with Crippen LogP contribution in [0, 0.1) is 0 Å². The number of fused-ring (bicyclic) bond motifs is 3. The second-order valence-electron chi connectivity index (χ2n) is 7.04. The number of benzene rings is 1. The maximum absolute atomic E-state index is 12.8. The summed E-state index contributed by atoms with van der Waals surface area (Å²) in [5.74, 6) is -1.94. The molecule has 6 heteroatoms. The van der Waals surface area contributed by atoms with Gasteiger partial charge in [0.2, 0.25) is 0 Å². The Hall–Kier alpha value is -1.47. The summed E-state index contributed by atoms with van der Waals surface area (Å²) in [6.45, 7) is 3.20. The molecule has 1 unspecified atom stereocenters. The van der Waals surface area contributed by atoms with E-state index >= 15 is 0 Å². The molecule has 3 saturated heterocycles. The van der Waals surface area contributed by atoms with Crippen LogP contribution in [0.4, 0.5) is 0 Å². The van der Waals surface area contributed by atoms with Crippen LogP contribution in [0.25, 0.3) is 0 Å². The Balaban J connectivity index is 1.70. The van der Waals surface area contributed by atoms with Crippen molar-refractivity contribution in [3.63, 3.8) is 0 Å². The molecular weight excluding hydrogens is 294 g/mol. The second-order valence-corrected chi connectivity index (χ2v) is 7.04. The third-order valence-electron chi connectivity index (χ3n) is 5.27. The van der Waals surface area contributed by atoms with Gasteiger partial charge in [-0.15, -0.1) is 0 Å². The molecule has 0 aliphatic carbocycles. The largest absolute Gasteiger partial charge is 0.347 e. The summed E-state index contributed by atoms with van der Waals surface area (Å²) < 4.78 is 5.70. The fourth-order valence-electron chi connectivity index (χ4n) is 4.31. The molecule has 1 amide bonds. The summed E-state index contributed by atoms with van der Waals surface area (Å²) in [5, 5.41) is 11.2. The van der Waals surface area contributed by atoms with Crippen molar-refractivity contribution in [1.82, 2.24) is 9.80 Å². The first-order chi connectivity index (χ1) is 10.9. The van der Waals surface area contributed by atoms with Gasteiger partial charge in [-0.2, -0.15) is 0 Å². The smallest absolute Gasteiger partial charge is 0.274 e. The third kappa shape index (κ3) is 2.21. The fourth-order valence-corrected chi connectivity index (χ4v) is 4.31. The van der Waals surface area contributed by atoms with Gasteiger partial charge in [0.05, 0.1) is 12.1 Å². The van der Waals surface area contributed by atoms with Gasteiger partial charge in [0.15, 0.2) is 5.72 Å². The molecule has 3 heterocycles. The van der Waals surface area contributed by atoms with Gasteiger partial charge >= 0.3 is 0 Å². The van der Waals surface area contributed by atoms with Crippen molar-refractivity contribution in [3.8, 4) is 0 Å². The van der Waals surface area contributed by atoms with E-state index in [0.29, 0.717) is 6.42 Å². The lowest BCUT2D eigenvalue weighted by atomic mass is 9.97. The molecule has 1 aromatic carbocycles. The quantitative estimate of drug-likeness (QED) is 0.818. The number of aliphatic hydroxyl groups is 1. The first kappa shape index (κ1) is 15.1. The van der Waals surface area contributed by atoms with Crippen LogP contribution in [0.3, 0.4) is 0 Å². The lowest BCUT2D eigenvalue weighted by Gasteiger charge is -2.49. The Bertz CT molecular complexity index is 621. The molecule has 0 bridgehead atoms. The molecule has 4 atom stereocenters. The van der Waals surface area contributed by atoms with Gasteiger partial charge < -0.3 is 9.84 Å². The molecule has 3 N–H and O–H groups in total. The van der Waals surface area contributed by atoms with Gasteiger partial charge in [0, 0.05) is 6.54 Å². The van der Waals surface area contributed by atoms with Crippen molar-refractivity contribution >= 4 is 5.91 Å². The standard InChI is InChI=1S/C17H23N3O3/c1-16(18)15(21)20-13(10-12-6-3-2-4-7-12)11-19-9-5-8-14(19)17(20,22)23-16/h2-4,6-7,13-14,22H,5,8-11,18H2,1H3/t13-,14-,16?,17-/m0/s1. The highest BCUT2D eigenvalue weighted by atomic mass is 16.7. The molecular formula is C17H23N3O3. The van der Waals surface area contributed by atoms with Gasteiger partial charge in [-0.1, -0.05) is 30.3 Å². The minimum Gasteiger partial charge on any atom is -0.347 e. The number of ether oxygens (including phenoxy) is 1. The van der Waals surface area contributed by atoms with Crippen molar-refractivity contribution in [2.24, 2.45) is 5.73 Å². The zero-order chi connectivity index (χ0) is 16.2. The summed E-state index contributed by atoms with van der Waals surface area (Å²) >= 11 is 0. The zero-order valence-corrected chi connectivity index (χ0v) is 13.3. The van der Waals surface area contributed by atoms with E-state index in [9.17, 15) is 9.90 Å². The highest BCUT2D eigenvalue weighted by molar-refractivity contribution is 5.87. The molecule has 124 valence electrons. The third-order valence-corrected chi connectivity index (χ3v) is 5.27. The van der Waals surface area contributed by atoms with Gasteiger partial charge in [-0.25, -0.2) is 0 Å². The highest BCUT2D eigenvalue weighted by Gasteiger charge is 2.66. The average Bonchev–Trinajstić information content (AvgIpc) is 3.03. The molecule has 3 aliphatic rings. The van der Waals surface area contributed by atoms with E-state index in [4.69, 9.17) is 10.5 Å². The summed E-state index contributed by atoms with van der Waals surface area (Å²) in [6, 6.07) is 9.68. The van der Waals surface area contributed by atoms with E-state index in [1.807, 2.05) is 30.3 Å². The maximum Gasteiger partial charge on any atom is 0.274 e. The Morgan fingerprint density at radius 3 is 2.87 bits per heavy atom. The Kier molecular flexibility index (Phi) is 3.29. The lowest BCUT2D eigenvalue weighted by molar-refractivity contribution is -0.319. The number of carbonyl (C=O) groups is 1. The summed E-state index contributed by atoms with van der Waals surface area (Å²) in [5.41, 5.74) is 5.68. The van der Waals surface area contributed by atoms with Crippen LogP contribution in [0.5, 0.6) is 0 Å². The molecule has 4 rings (SSSR count). The Morgan fingerprint density at radius 2 is 2.13 bits per heavy atom. The normalized spacial score (nSPS) is 40.3. The number of carbonyl (C=O) groups excluding carboxylic acids is 1. The van der Waals surface area contributed by atoms with E-state index in [-0.39, 0.29) is 18.0 Å². The molecule has 1 aromatic rings. The summed E-state index contributed by atoms with van der Waals surface area (Å²) in [7, 11) is 0. The van der Waals surface area contributed by atoms with Crippen LogP contribution >= 0.6 is 0 Å². The van der Waals surface area contributed by atoms with Crippen LogP contribution in [-0.4, -0.2) is 57.6 Å². The second kappa shape index (κ2) is 5.01. The fraction of sp³-hybridized carbons (Fsp3) is 0.588.